The predicted molar refractivity (Wildman–Crippen MR) is 72.0 cm³/mol. The van der Waals surface area contributed by atoms with E-state index < -0.39 is 15.8 Å². The fourth-order valence-electron chi connectivity index (χ4n) is 2.43. The highest BCUT2D eigenvalue weighted by Gasteiger charge is 2.24. The average molecular weight is 287 g/mol. The lowest BCUT2D eigenvalue weighted by Gasteiger charge is -2.19. The van der Waals surface area contributed by atoms with Crippen LogP contribution in [-0.4, -0.2) is 35.1 Å². The fourth-order valence-corrected chi connectivity index (χ4v) is 2.95. The molecule has 0 spiro atoms. The van der Waals surface area contributed by atoms with Crippen molar-refractivity contribution < 1.29 is 12.8 Å². The Labute approximate surface area is 112 Å². The van der Waals surface area contributed by atoms with Gasteiger partial charge in [-0.2, -0.15) is 0 Å². The van der Waals surface area contributed by atoms with Crippen LogP contribution in [0, 0.1) is 11.7 Å². The van der Waals surface area contributed by atoms with Crippen LogP contribution < -0.4 is 15.4 Å². The van der Waals surface area contributed by atoms with Crippen molar-refractivity contribution in [1.29, 1.82) is 0 Å². The number of nitrogens with one attached hydrogen (secondary N) is 1. The third-order valence-corrected chi connectivity index (χ3v) is 4.28. The van der Waals surface area contributed by atoms with Gasteiger partial charge in [0.05, 0.1) is 10.6 Å². The van der Waals surface area contributed by atoms with E-state index >= 15 is 0 Å². The van der Waals surface area contributed by atoms with Crippen LogP contribution in [0.5, 0.6) is 0 Å². The Morgan fingerprint density at radius 2 is 2.26 bits per heavy atom. The summed E-state index contributed by atoms with van der Waals surface area (Å²) in [4.78, 5) is 1.74. The van der Waals surface area contributed by atoms with Gasteiger partial charge in [0.25, 0.3) is 0 Å². The summed E-state index contributed by atoms with van der Waals surface area (Å²) in [6.45, 7) is 2.44. The normalized spacial score (nSPS) is 19.9. The quantitative estimate of drug-likeness (QED) is 0.846. The van der Waals surface area contributed by atoms with Crippen molar-refractivity contribution in [2.24, 2.45) is 11.1 Å². The smallest absolute Gasteiger partial charge is 0.238 e. The summed E-state index contributed by atoms with van der Waals surface area (Å²) in [7, 11) is -1.96. The van der Waals surface area contributed by atoms with Crippen molar-refractivity contribution in [2.45, 2.75) is 11.3 Å². The fraction of sp³-hybridized carbons (Fsp3) is 0.500. The van der Waals surface area contributed by atoms with Gasteiger partial charge in [0.1, 0.15) is 5.82 Å². The molecule has 1 aliphatic heterocycles. The minimum Gasteiger partial charge on any atom is -0.369 e. The zero-order chi connectivity index (χ0) is 14.0. The number of benzene rings is 1. The monoisotopic (exact) mass is 287 g/mol. The number of primary sulfonamides is 1. The molecule has 2 rings (SSSR count). The van der Waals surface area contributed by atoms with E-state index in [0.29, 0.717) is 11.6 Å². The highest BCUT2D eigenvalue weighted by atomic mass is 32.2. The number of hydrogen-bond donors (Lipinski definition) is 2. The first-order chi connectivity index (χ1) is 8.91. The van der Waals surface area contributed by atoms with Crippen LogP contribution in [0.4, 0.5) is 10.1 Å². The Hall–Kier alpha value is -1.18. The Kier molecular flexibility index (Phi) is 4.07. The zero-order valence-corrected chi connectivity index (χ0v) is 11.6. The lowest BCUT2D eigenvalue weighted by Crippen LogP contribution is -2.25. The third-order valence-electron chi connectivity index (χ3n) is 3.37. The topological polar surface area (TPSA) is 75.4 Å². The van der Waals surface area contributed by atoms with Gasteiger partial charge < -0.3 is 10.2 Å². The van der Waals surface area contributed by atoms with E-state index in [9.17, 15) is 12.8 Å². The summed E-state index contributed by atoms with van der Waals surface area (Å²) in [5, 5.41) is 8.08. The number of rotatable bonds is 4. The first kappa shape index (κ1) is 14.2. The molecule has 1 aromatic carbocycles. The van der Waals surface area contributed by atoms with Crippen LogP contribution in [0.2, 0.25) is 0 Å². The SMILES string of the molecule is CNCC1CCN(c2ccc(S(N)(=O)=O)cc2F)C1. The molecule has 7 heteroatoms. The number of anilines is 1. The van der Waals surface area contributed by atoms with Crippen molar-refractivity contribution in [3.63, 3.8) is 0 Å². The highest BCUT2D eigenvalue weighted by Crippen LogP contribution is 2.27. The largest absolute Gasteiger partial charge is 0.369 e. The van der Waals surface area contributed by atoms with Crippen LogP contribution in [0.25, 0.3) is 0 Å². The maximum absolute atomic E-state index is 14.0. The van der Waals surface area contributed by atoms with Gasteiger partial charge in [0, 0.05) is 13.1 Å². The summed E-state index contributed by atoms with van der Waals surface area (Å²) in [6, 6.07) is 3.81. The molecule has 1 unspecified atom stereocenters. The second-order valence-electron chi connectivity index (χ2n) is 4.82. The molecular formula is C12H18FN3O2S. The van der Waals surface area contributed by atoms with Gasteiger partial charge in [-0.3, -0.25) is 0 Å². The maximum atomic E-state index is 14.0. The number of hydrogen-bond acceptors (Lipinski definition) is 4. The molecule has 1 aliphatic rings. The number of nitrogens with two attached hydrogens (primary N) is 1. The minimum atomic E-state index is -3.85. The first-order valence-corrected chi connectivity index (χ1v) is 7.68. The molecule has 19 heavy (non-hydrogen) atoms. The number of halogens is 1. The summed E-state index contributed by atoms with van der Waals surface area (Å²) < 4.78 is 36.3. The van der Waals surface area contributed by atoms with E-state index in [1.165, 1.54) is 12.1 Å². The van der Waals surface area contributed by atoms with Crippen LogP contribution in [0.1, 0.15) is 6.42 Å². The van der Waals surface area contributed by atoms with Crippen molar-refractivity contribution in [2.75, 3.05) is 31.6 Å². The second kappa shape index (κ2) is 5.44. The summed E-state index contributed by atoms with van der Waals surface area (Å²) in [5.41, 5.74) is 0.436. The van der Waals surface area contributed by atoms with Crippen LogP contribution >= 0.6 is 0 Å². The molecule has 0 aliphatic carbocycles. The molecule has 0 amide bonds. The molecular weight excluding hydrogens is 269 g/mol. The van der Waals surface area contributed by atoms with E-state index in [1.807, 2.05) is 11.9 Å². The lowest BCUT2D eigenvalue weighted by atomic mass is 10.1. The highest BCUT2D eigenvalue weighted by molar-refractivity contribution is 7.89. The van der Waals surface area contributed by atoms with Crippen molar-refractivity contribution in [3.05, 3.63) is 24.0 Å². The first-order valence-electron chi connectivity index (χ1n) is 6.13. The van der Waals surface area contributed by atoms with E-state index in [2.05, 4.69) is 5.32 Å². The van der Waals surface area contributed by atoms with Gasteiger partial charge in [-0.15, -0.1) is 0 Å². The molecule has 0 bridgehead atoms. The molecule has 1 atom stereocenters. The van der Waals surface area contributed by atoms with E-state index in [0.717, 1.165) is 32.1 Å². The van der Waals surface area contributed by atoms with Gasteiger partial charge in [0.2, 0.25) is 10.0 Å². The van der Waals surface area contributed by atoms with Crippen LogP contribution in [0.3, 0.4) is 0 Å². The van der Waals surface area contributed by atoms with E-state index in [1.54, 1.807) is 0 Å². The minimum absolute atomic E-state index is 0.195. The Bertz CT molecular complexity index is 562. The molecule has 0 saturated carbocycles. The second-order valence-corrected chi connectivity index (χ2v) is 6.38. The van der Waals surface area contributed by atoms with Crippen molar-refractivity contribution >= 4 is 15.7 Å². The van der Waals surface area contributed by atoms with Crippen LogP contribution in [-0.2, 0) is 10.0 Å². The van der Waals surface area contributed by atoms with Crippen molar-refractivity contribution in [3.8, 4) is 0 Å². The van der Waals surface area contributed by atoms with Gasteiger partial charge in [-0.05, 0) is 44.1 Å². The van der Waals surface area contributed by atoms with Gasteiger partial charge in [0.15, 0.2) is 0 Å². The summed E-state index contributed by atoms with van der Waals surface area (Å²) in [6.07, 6.45) is 0.997. The molecule has 106 valence electrons. The van der Waals surface area contributed by atoms with Gasteiger partial charge in [-0.25, -0.2) is 17.9 Å². The number of nitrogens with zero attached hydrogens (tertiary/aromatic N) is 1. The molecule has 0 aromatic heterocycles. The third kappa shape index (κ3) is 3.23. The van der Waals surface area contributed by atoms with Gasteiger partial charge in [-0.1, -0.05) is 0 Å². The molecule has 1 fully saturated rings. The standard InChI is InChI=1S/C12H18FN3O2S/c1-15-7-9-4-5-16(8-9)12-3-2-10(6-11(12)13)19(14,17)18/h2-3,6,9,15H,4-5,7-8H2,1H3,(H2,14,17,18). The molecule has 5 nitrogen and oxygen atoms in total. The Morgan fingerprint density at radius 1 is 1.53 bits per heavy atom. The number of sulfonamides is 1. The molecule has 0 radical (unpaired) electrons. The van der Waals surface area contributed by atoms with Gasteiger partial charge >= 0.3 is 0 Å². The molecule has 1 saturated heterocycles. The Morgan fingerprint density at radius 3 is 2.84 bits per heavy atom. The maximum Gasteiger partial charge on any atom is 0.238 e. The summed E-state index contributed by atoms with van der Waals surface area (Å²) in [5.74, 6) is -0.0565. The van der Waals surface area contributed by atoms with Crippen molar-refractivity contribution in [1.82, 2.24) is 5.32 Å². The van der Waals surface area contributed by atoms with Crippen LogP contribution in [0.15, 0.2) is 23.1 Å². The summed E-state index contributed by atoms with van der Waals surface area (Å²) >= 11 is 0. The molecule has 3 N–H and O–H groups in total. The lowest BCUT2D eigenvalue weighted by molar-refractivity contribution is 0.547. The van der Waals surface area contributed by atoms with E-state index in [-0.39, 0.29) is 4.90 Å². The molecule has 1 aromatic rings. The van der Waals surface area contributed by atoms with E-state index in [4.69, 9.17) is 5.14 Å². The predicted octanol–water partition coefficient (Wildman–Crippen LogP) is 0.519. The average Bonchev–Trinajstić information content (AvgIpc) is 2.76. The zero-order valence-electron chi connectivity index (χ0n) is 10.8. The Balaban J connectivity index is 2.19. The molecule has 1 heterocycles.